The third-order valence-electron chi connectivity index (χ3n) is 2.57. The molecule has 0 aliphatic rings. The van der Waals surface area contributed by atoms with Crippen LogP contribution in [0.1, 0.15) is 32.7 Å². The third-order valence-corrected chi connectivity index (χ3v) is 2.57. The van der Waals surface area contributed by atoms with Gasteiger partial charge >= 0.3 is 0 Å². The molecule has 0 N–H and O–H groups in total. The number of hydrogen-bond donors (Lipinski definition) is 0. The highest BCUT2D eigenvalue weighted by atomic mass is 15.5. The maximum absolute atomic E-state index is 4.46. The molecular weight excluding hydrogens is 174 g/mol. The van der Waals surface area contributed by atoms with Gasteiger partial charge in [0, 0.05) is 0 Å². The fourth-order valence-corrected chi connectivity index (χ4v) is 1.65. The molecule has 0 unspecified atom stereocenters. The van der Waals surface area contributed by atoms with Gasteiger partial charge in [-0.2, -0.15) is 15.0 Å². The van der Waals surface area contributed by atoms with Crippen molar-refractivity contribution in [3.05, 3.63) is 24.3 Å². The Morgan fingerprint density at radius 2 is 1.57 bits per heavy atom. The monoisotopic (exact) mass is 189 g/mol. The van der Waals surface area contributed by atoms with Crippen LogP contribution in [-0.4, -0.2) is 15.0 Å². The predicted molar refractivity (Wildman–Crippen MR) is 57.1 cm³/mol. The van der Waals surface area contributed by atoms with E-state index in [9.17, 15) is 0 Å². The minimum atomic E-state index is 0.433. The van der Waals surface area contributed by atoms with E-state index in [0.29, 0.717) is 6.04 Å². The predicted octanol–water partition coefficient (Wildman–Crippen LogP) is 2.79. The Morgan fingerprint density at radius 1 is 1.07 bits per heavy atom. The molecule has 2 rings (SSSR count). The summed E-state index contributed by atoms with van der Waals surface area (Å²) >= 11 is 0. The molecule has 0 amide bonds. The summed E-state index contributed by atoms with van der Waals surface area (Å²) in [6.07, 6.45) is 2.16. The maximum atomic E-state index is 4.46. The van der Waals surface area contributed by atoms with E-state index in [1.165, 1.54) is 0 Å². The molecule has 1 aromatic carbocycles. The van der Waals surface area contributed by atoms with Crippen LogP contribution in [0, 0.1) is 0 Å². The van der Waals surface area contributed by atoms with Crippen molar-refractivity contribution in [3.8, 4) is 0 Å². The second-order valence-electron chi connectivity index (χ2n) is 3.48. The SMILES string of the molecule is CCC(CC)n1nc2ccccc2n1. The summed E-state index contributed by atoms with van der Waals surface area (Å²) in [7, 11) is 0. The number of benzene rings is 1. The van der Waals surface area contributed by atoms with E-state index in [1.54, 1.807) is 0 Å². The van der Waals surface area contributed by atoms with Crippen molar-refractivity contribution >= 4 is 11.0 Å². The van der Waals surface area contributed by atoms with Crippen molar-refractivity contribution in [1.29, 1.82) is 0 Å². The maximum Gasteiger partial charge on any atom is 0.113 e. The molecular formula is C11H15N3. The van der Waals surface area contributed by atoms with Gasteiger partial charge in [0.05, 0.1) is 6.04 Å². The van der Waals surface area contributed by atoms with Crippen molar-refractivity contribution in [2.24, 2.45) is 0 Å². The second-order valence-corrected chi connectivity index (χ2v) is 3.48. The zero-order valence-electron chi connectivity index (χ0n) is 8.64. The fourth-order valence-electron chi connectivity index (χ4n) is 1.65. The molecule has 0 aliphatic carbocycles. The van der Waals surface area contributed by atoms with Gasteiger partial charge in [-0.3, -0.25) is 0 Å². The average molecular weight is 189 g/mol. The lowest BCUT2D eigenvalue weighted by Gasteiger charge is -2.09. The smallest absolute Gasteiger partial charge is 0.113 e. The molecule has 74 valence electrons. The Kier molecular flexibility index (Phi) is 2.48. The summed E-state index contributed by atoms with van der Waals surface area (Å²) in [5, 5.41) is 8.92. The van der Waals surface area contributed by atoms with E-state index in [2.05, 4.69) is 24.0 Å². The van der Waals surface area contributed by atoms with E-state index >= 15 is 0 Å². The van der Waals surface area contributed by atoms with Gasteiger partial charge in [0.1, 0.15) is 11.0 Å². The minimum Gasteiger partial charge on any atom is -0.181 e. The van der Waals surface area contributed by atoms with Crippen LogP contribution in [0.3, 0.4) is 0 Å². The lowest BCUT2D eigenvalue weighted by Crippen LogP contribution is -2.10. The van der Waals surface area contributed by atoms with Crippen molar-refractivity contribution in [1.82, 2.24) is 15.0 Å². The Labute approximate surface area is 83.7 Å². The molecule has 0 radical (unpaired) electrons. The lowest BCUT2D eigenvalue weighted by atomic mass is 10.2. The summed E-state index contributed by atoms with van der Waals surface area (Å²) in [6, 6.07) is 8.42. The van der Waals surface area contributed by atoms with Crippen LogP contribution >= 0.6 is 0 Å². The number of aromatic nitrogens is 3. The van der Waals surface area contributed by atoms with Gasteiger partial charge in [-0.25, -0.2) is 0 Å². The lowest BCUT2D eigenvalue weighted by molar-refractivity contribution is 0.386. The number of fused-ring (bicyclic) bond motifs is 1. The molecule has 0 spiro atoms. The Balaban J connectivity index is 2.43. The van der Waals surface area contributed by atoms with Crippen LogP contribution < -0.4 is 0 Å². The van der Waals surface area contributed by atoms with Gasteiger partial charge in [0.15, 0.2) is 0 Å². The topological polar surface area (TPSA) is 30.7 Å². The molecule has 0 saturated heterocycles. The summed E-state index contributed by atoms with van der Waals surface area (Å²) < 4.78 is 0. The molecule has 0 aliphatic heterocycles. The van der Waals surface area contributed by atoms with Crippen LogP contribution in [-0.2, 0) is 0 Å². The van der Waals surface area contributed by atoms with E-state index in [0.717, 1.165) is 23.9 Å². The van der Waals surface area contributed by atoms with E-state index < -0.39 is 0 Å². The molecule has 0 saturated carbocycles. The van der Waals surface area contributed by atoms with Gasteiger partial charge in [-0.1, -0.05) is 26.0 Å². The fraction of sp³-hybridized carbons (Fsp3) is 0.455. The zero-order chi connectivity index (χ0) is 9.97. The van der Waals surface area contributed by atoms with Crippen LogP contribution in [0.25, 0.3) is 11.0 Å². The van der Waals surface area contributed by atoms with Crippen LogP contribution in [0.4, 0.5) is 0 Å². The first-order valence-corrected chi connectivity index (χ1v) is 5.16. The standard InChI is InChI=1S/C11H15N3/c1-3-9(4-2)14-12-10-7-5-6-8-11(10)13-14/h5-9H,3-4H2,1-2H3. The van der Waals surface area contributed by atoms with Crippen molar-refractivity contribution in [3.63, 3.8) is 0 Å². The van der Waals surface area contributed by atoms with Crippen molar-refractivity contribution < 1.29 is 0 Å². The summed E-state index contributed by atoms with van der Waals surface area (Å²) in [5.41, 5.74) is 1.97. The first-order valence-electron chi connectivity index (χ1n) is 5.16. The Morgan fingerprint density at radius 3 is 2.00 bits per heavy atom. The summed E-state index contributed by atoms with van der Waals surface area (Å²) in [4.78, 5) is 1.85. The van der Waals surface area contributed by atoms with Gasteiger partial charge in [-0.15, -0.1) is 0 Å². The van der Waals surface area contributed by atoms with Crippen LogP contribution in [0.5, 0.6) is 0 Å². The molecule has 3 heteroatoms. The first-order chi connectivity index (χ1) is 6.85. The molecule has 14 heavy (non-hydrogen) atoms. The quantitative estimate of drug-likeness (QED) is 0.743. The van der Waals surface area contributed by atoms with E-state index in [1.807, 2.05) is 29.1 Å². The van der Waals surface area contributed by atoms with Crippen LogP contribution in [0.2, 0.25) is 0 Å². The van der Waals surface area contributed by atoms with Crippen molar-refractivity contribution in [2.45, 2.75) is 32.7 Å². The number of nitrogens with zero attached hydrogens (tertiary/aromatic N) is 3. The van der Waals surface area contributed by atoms with E-state index in [4.69, 9.17) is 0 Å². The van der Waals surface area contributed by atoms with Crippen molar-refractivity contribution in [2.75, 3.05) is 0 Å². The molecule has 2 aromatic rings. The summed E-state index contributed by atoms with van der Waals surface area (Å²) in [5.74, 6) is 0. The largest absolute Gasteiger partial charge is 0.181 e. The molecule has 1 heterocycles. The Bertz CT molecular complexity index is 382. The van der Waals surface area contributed by atoms with Gasteiger partial charge in [-0.05, 0) is 25.0 Å². The third kappa shape index (κ3) is 1.50. The second kappa shape index (κ2) is 3.78. The first kappa shape index (κ1) is 9.19. The van der Waals surface area contributed by atoms with Gasteiger partial charge in [0.25, 0.3) is 0 Å². The van der Waals surface area contributed by atoms with Gasteiger partial charge in [0.2, 0.25) is 0 Å². The van der Waals surface area contributed by atoms with Gasteiger partial charge < -0.3 is 0 Å². The number of hydrogen-bond acceptors (Lipinski definition) is 2. The normalized spacial score (nSPS) is 11.4. The minimum absolute atomic E-state index is 0.433. The van der Waals surface area contributed by atoms with Crippen LogP contribution in [0.15, 0.2) is 24.3 Å². The average Bonchev–Trinajstić information content (AvgIpc) is 2.63. The highest BCUT2D eigenvalue weighted by molar-refractivity contribution is 5.72. The highest BCUT2D eigenvalue weighted by Gasteiger charge is 2.09. The molecule has 3 nitrogen and oxygen atoms in total. The molecule has 1 aromatic heterocycles. The molecule has 0 atom stereocenters. The number of rotatable bonds is 3. The highest BCUT2D eigenvalue weighted by Crippen LogP contribution is 2.16. The zero-order valence-corrected chi connectivity index (χ0v) is 8.64. The molecule has 0 bridgehead atoms. The molecule has 0 fully saturated rings. The Hall–Kier alpha value is -1.38. The summed E-state index contributed by atoms with van der Waals surface area (Å²) in [6.45, 7) is 4.34. The van der Waals surface area contributed by atoms with E-state index in [-0.39, 0.29) is 0 Å².